The second kappa shape index (κ2) is 8.81. The average molecular weight is 451 g/mol. The third-order valence-corrected chi connectivity index (χ3v) is 5.24. The molecule has 0 unspecified atom stereocenters. The van der Waals surface area contributed by atoms with Gasteiger partial charge in [-0.15, -0.1) is 0 Å². The topological polar surface area (TPSA) is 21.3 Å². The highest BCUT2D eigenvalue weighted by Gasteiger charge is 2.08. The second-order valence-corrected chi connectivity index (χ2v) is 7.69. The minimum Gasteiger partial charge on any atom is -0.489 e. The lowest BCUT2D eigenvalue weighted by Crippen LogP contribution is -2.05. The maximum atomic E-state index is 6.19. The van der Waals surface area contributed by atoms with Gasteiger partial charge in [-0.25, -0.2) is 0 Å². The van der Waals surface area contributed by atoms with Gasteiger partial charge in [-0.1, -0.05) is 57.3 Å². The van der Waals surface area contributed by atoms with E-state index in [2.05, 4.69) is 21.2 Å². The van der Waals surface area contributed by atoms with Crippen molar-refractivity contribution in [2.75, 3.05) is 5.32 Å². The molecule has 134 valence electrons. The molecular formula is C21H18BrCl2NO. The van der Waals surface area contributed by atoms with Gasteiger partial charge in [0.05, 0.1) is 0 Å². The van der Waals surface area contributed by atoms with E-state index < -0.39 is 0 Å². The molecular weight excluding hydrogens is 433 g/mol. The Morgan fingerprint density at radius 1 is 1.00 bits per heavy atom. The Labute approximate surface area is 172 Å². The van der Waals surface area contributed by atoms with Crippen molar-refractivity contribution in [3.05, 3.63) is 91.9 Å². The van der Waals surface area contributed by atoms with Crippen molar-refractivity contribution in [2.45, 2.75) is 20.1 Å². The predicted octanol–water partition coefficient (Wildman–Crippen LogP) is 7.26. The van der Waals surface area contributed by atoms with Crippen molar-refractivity contribution in [3.8, 4) is 5.75 Å². The van der Waals surface area contributed by atoms with Crippen LogP contribution in [0.15, 0.2) is 65.1 Å². The summed E-state index contributed by atoms with van der Waals surface area (Å²) in [5.74, 6) is 0.810. The summed E-state index contributed by atoms with van der Waals surface area (Å²) in [7, 11) is 0. The Hall–Kier alpha value is -1.68. The third kappa shape index (κ3) is 4.94. The SMILES string of the molecule is Cc1c(Cl)cccc1NCc1cc(Cl)ccc1OCc1ccc(Br)cc1. The number of halogens is 3. The summed E-state index contributed by atoms with van der Waals surface area (Å²) in [4.78, 5) is 0. The number of benzene rings is 3. The summed E-state index contributed by atoms with van der Waals surface area (Å²) < 4.78 is 7.07. The average Bonchev–Trinajstić information content (AvgIpc) is 2.63. The molecule has 0 aliphatic carbocycles. The quantitative estimate of drug-likeness (QED) is 0.426. The van der Waals surface area contributed by atoms with Gasteiger partial charge in [-0.05, 0) is 60.5 Å². The Morgan fingerprint density at radius 3 is 2.54 bits per heavy atom. The van der Waals surface area contributed by atoms with Crippen molar-refractivity contribution in [3.63, 3.8) is 0 Å². The zero-order chi connectivity index (χ0) is 18.5. The molecule has 0 amide bonds. The van der Waals surface area contributed by atoms with Gasteiger partial charge in [0.2, 0.25) is 0 Å². The third-order valence-electron chi connectivity index (χ3n) is 4.07. The van der Waals surface area contributed by atoms with Gasteiger partial charge in [0, 0.05) is 32.3 Å². The van der Waals surface area contributed by atoms with E-state index in [-0.39, 0.29) is 0 Å². The van der Waals surface area contributed by atoms with Crippen LogP contribution in [-0.4, -0.2) is 0 Å². The van der Waals surface area contributed by atoms with Gasteiger partial charge in [-0.3, -0.25) is 0 Å². The lowest BCUT2D eigenvalue weighted by Gasteiger charge is -2.15. The highest BCUT2D eigenvalue weighted by atomic mass is 79.9. The molecule has 1 N–H and O–H groups in total. The van der Waals surface area contributed by atoms with E-state index in [9.17, 15) is 0 Å². The lowest BCUT2D eigenvalue weighted by atomic mass is 10.1. The molecule has 0 radical (unpaired) electrons. The van der Waals surface area contributed by atoms with Gasteiger partial charge in [0.25, 0.3) is 0 Å². The highest BCUT2D eigenvalue weighted by Crippen LogP contribution is 2.27. The standard InChI is InChI=1S/C21H18BrCl2NO/c1-14-19(24)3-2-4-20(14)25-12-16-11-18(23)9-10-21(16)26-13-15-5-7-17(22)8-6-15/h2-11,25H,12-13H2,1H3. The maximum Gasteiger partial charge on any atom is 0.124 e. The molecule has 0 fully saturated rings. The molecule has 0 aromatic heterocycles. The van der Waals surface area contributed by atoms with Crippen LogP contribution < -0.4 is 10.1 Å². The fourth-order valence-electron chi connectivity index (χ4n) is 2.56. The number of hydrogen-bond acceptors (Lipinski definition) is 2. The normalized spacial score (nSPS) is 10.6. The Balaban J connectivity index is 1.73. The van der Waals surface area contributed by atoms with Crippen LogP contribution in [0.2, 0.25) is 10.0 Å². The van der Waals surface area contributed by atoms with Crippen LogP contribution in [0, 0.1) is 6.92 Å². The molecule has 0 spiro atoms. The summed E-state index contributed by atoms with van der Waals surface area (Å²) in [6.07, 6.45) is 0. The van der Waals surface area contributed by atoms with Gasteiger partial charge >= 0.3 is 0 Å². The molecule has 3 rings (SSSR count). The molecule has 2 nitrogen and oxygen atoms in total. The van der Waals surface area contributed by atoms with Crippen molar-refractivity contribution in [2.24, 2.45) is 0 Å². The number of rotatable bonds is 6. The molecule has 5 heteroatoms. The summed E-state index contributed by atoms with van der Waals surface area (Å²) in [6, 6.07) is 19.6. The molecule has 0 heterocycles. The van der Waals surface area contributed by atoms with Crippen molar-refractivity contribution in [1.29, 1.82) is 0 Å². The van der Waals surface area contributed by atoms with Gasteiger partial charge < -0.3 is 10.1 Å². The predicted molar refractivity (Wildman–Crippen MR) is 113 cm³/mol. The first-order valence-corrected chi connectivity index (χ1v) is 9.72. The minimum atomic E-state index is 0.498. The van der Waals surface area contributed by atoms with E-state index >= 15 is 0 Å². The lowest BCUT2D eigenvalue weighted by molar-refractivity contribution is 0.303. The van der Waals surface area contributed by atoms with Crippen molar-refractivity contribution < 1.29 is 4.74 Å². The molecule has 0 bridgehead atoms. The zero-order valence-corrected chi connectivity index (χ0v) is 17.3. The summed E-state index contributed by atoms with van der Waals surface area (Å²) >= 11 is 15.8. The number of anilines is 1. The molecule has 0 saturated heterocycles. The number of nitrogens with one attached hydrogen (secondary N) is 1. The first-order valence-electron chi connectivity index (χ1n) is 8.17. The van der Waals surface area contributed by atoms with E-state index in [0.29, 0.717) is 18.2 Å². The first kappa shape index (κ1) is 19.1. The van der Waals surface area contributed by atoms with Crippen LogP contribution in [0.1, 0.15) is 16.7 Å². The van der Waals surface area contributed by atoms with Crippen LogP contribution in [0.5, 0.6) is 5.75 Å². The minimum absolute atomic E-state index is 0.498. The fraction of sp³-hybridized carbons (Fsp3) is 0.143. The summed E-state index contributed by atoms with van der Waals surface area (Å²) in [5, 5.41) is 4.84. The number of ether oxygens (including phenoxy) is 1. The van der Waals surface area contributed by atoms with Crippen LogP contribution in [0.3, 0.4) is 0 Å². The monoisotopic (exact) mass is 449 g/mol. The van der Waals surface area contributed by atoms with Crippen molar-refractivity contribution >= 4 is 44.8 Å². The summed E-state index contributed by atoms with van der Waals surface area (Å²) in [5.41, 5.74) is 4.12. The Morgan fingerprint density at radius 2 is 1.77 bits per heavy atom. The number of hydrogen-bond donors (Lipinski definition) is 1. The smallest absolute Gasteiger partial charge is 0.124 e. The van der Waals surface area contributed by atoms with E-state index in [1.165, 1.54) is 0 Å². The molecule has 0 saturated carbocycles. The maximum absolute atomic E-state index is 6.19. The Bertz CT molecular complexity index is 897. The largest absolute Gasteiger partial charge is 0.489 e. The second-order valence-electron chi connectivity index (χ2n) is 5.93. The molecule has 0 aliphatic heterocycles. The van der Waals surface area contributed by atoms with Crippen LogP contribution in [0.25, 0.3) is 0 Å². The van der Waals surface area contributed by atoms with Gasteiger partial charge in [0.1, 0.15) is 12.4 Å². The van der Waals surface area contributed by atoms with Crippen LogP contribution in [-0.2, 0) is 13.2 Å². The van der Waals surface area contributed by atoms with E-state index in [0.717, 1.165) is 37.6 Å². The van der Waals surface area contributed by atoms with Crippen molar-refractivity contribution in [1.82, 2.24) is 0 Å². The van der Waals surface area contributed by atoms with Gasteiger partial charge in [-0.2, -0.15) is 0 Å². The van der Waals surface area contributed by atoms with E-state index in [1.807, 2.05) is 67.6 Å². The van der Waals surface area contributed by atoms with Crippen LogP contribution in [0.4, 0.5) is 5.69 Å². The van der Waals surface area contributed by atoms with E-state index in [1.54, 1.807) is 0 Å². The molecule has 3 aromatic carbocycles. The first-order chi connectivity index (χ1) is 12.5. The van der Waals surface area contributed by atoms with Crippen LogP contribution >= 0.6 is 39.1 Å². The molecule has 0 aliphatic rings. The van der Waals surface area contributed by atoms with Gasteiger partial charge in [0.15, 0.2) is 0 Å². The zero-order valence-electron chi connectivity index (χ0n) is 14.2. The summed E-state index contributed by atoms with van der Waals surface area (Å²) in [6.45, 7) is 3.09. The highest BCUT2D eigenvalue weighted by molar-refractivity contribution is 9.10. The Kier molecular flexibility index (Phi) is 6.47. The fourth-order valence-corrected chi connectivity index (χ4v) is 3.19. The molecule has 0 atom stereocenters. The molecule has 3 aromatic rings. The molecule has 26 heavy (non-hydrogen) atoms. The van der Waals surface area contributed by atoms with E-state index in [4.69, 9.17) is 27.9 Å².